The van der Waals surface area contributed by atoms with Gasteiger partial charge in [-0.25, -0.2) is 23.4 Å². The Kier molecular flexibility index (Phi) is 4.87. The molecule has 1 atom stereocenters. The minimum absolute atomic E-state index is 0.206. The summed E-state index contributed by atoms with van der Waals surface area (Å²) in [6, 6.07) is 1.31. The SMILES string of the molecule is COC(=O)N/N=C(\c1cc(F)c(F)c(F)c1)C(C)O. The van der Waals surface area contributed by atoms with Gasteiger partial charge in [0, 0.05) is 5.56 Å². The van der Waals surface area contributed by atoms with E-state index in [4.69, 9.17) is 0 Å². The van der Waals surface area contributed by atoms with E-state index in [1.807, 2.05) is 5.43 Å². The van der Waals surface area contributed by atoms with Gasteiger partial charge in [0.2, 0.25) is 0 Å². The van der Waals surface area contributed by atoms with Gasteiger partial charge in [-0.15, -0.1) is 0 Å². The number of nitrogens with zero attached hydrogens (tertiary/aromatic N) is 1. The quantitative estimate of drug-likeness (QED) is 0.500. The molecule has 0 radical (unpaired) electrons. The minimum Gasteiger partial charge on any atom is -0.452 e. The predicted octanol–water partition coefficient (Wildman–Crippen LogP) is 1.54. The van der Waals surface area contributed by atoms with Crippen LogP contribution >= 0.6 is 0 Å². The van der Waals surface area contributed by atoms with Crippen molar-refractivity contribution in [3.05, 3.63) is 35.1 Å². The van der Waals surface area contributed by atoms with Crippen molar-refractivity contribution in [3.63, 3.8) is 0 Å². The first-order chi connectivity index (χ1) is 8.86. The fourth-order valence-electron chi connectivity index (χ4n) is 1.25. The second-order valence-corrected chi connectivity index (χ2v) is 3.53. The molecule has 1 unspecified atom stereocenters. The maximum absolute atomic E-state index is 13.1. The minimum atomic E-state index is -1.63. The lowest BCUT2D eigenvalue weighted by atomic mass is 10.1. The molecule has 2 N–H and O–H groups in total. The number of carbonyl (C=O) groups is 1. The molecular formula is C11H11F3N2O3. The summed E-state index contributed by atoms with van der Waals surface area (Å²) in [6.45, 7) is 1.26. The highest BCUT2D eigenvalue weighted by molar-refractivity contribution is 6.03. The van der Waals surface area contributed by atoms with Gasteiger partial charge < -0.3 is 9.84 Å². The predicted molar refractivity (Wildman–Crippen MR) is 60.1 cm³/mol. The third kappa shape index (κ3) is 3.68. The van der Waals surface area contributed by atoms with E-state index >= 15 is 0 Å². The topological polar surface area (TPSA) is 70.9 Å². The summed E-state index contributed by atoms with van der Waals surface area (Å²) >= 11 is 0. The van der Waals surface area contributed by atoms with Crippen molar-refractivity contribution >= 4 is 11.8 Å². The normalized spacial score (nSPS) is 13.1. The number of methoxy groups -OCH3 is 1. The lowest BCUT2D eigenvalue weighted by Crippen LogP contribution is -2.25. The van der Waals surface area contributed by atoms with Crippen LogP contribution in [0, 0.1) is 17.5 Å². The third-order valence-corrected chi connectivity index (χ3v) is 2.13. The van der Waals surface area contributed by atoms with Crippen molar-refractivity contribution in [3.8, 4) is 0 Å². The van der Waals surface area contributed by atoms with Gasteiger partial charge in [0.25, 0.3) is 0 Å². The lowest BCUT2D eigenvalue weighted by molar-refractivity contribution is 0.171. The van der Waals surface area contributed by atoms with E-state index in [1.54, 1.807) is 0 Å². The molecule has 0 bridgehead atoms. The second-order valence-electron chi connectivity index (χ2n) is 3.53. The monoisotopic (exact) mass is 276 g/mol. The maximum Gasteiger partial charge on any atom is 0.427 e. The fourth-order valence-corrected chi connectivity index (χ4v) is 1.25. The molecule has 1 aromatic rings. The molecule has 0 aromatic heterocycles. The van der Waals surface area contributed by atoms with Crippen LogP contribution in [0.2, 0.25) is 0 Å². The summed E-state index contributed by atoms with van der Waals surface area (Å²) in [5.41, 5.74) is 1.44. The Morgan fingerprint density at radius 3 is 2.32 bits per heavy atom. The summed E-state index contributed by atoms with van der Waals surface area (Å²) in [5.74, 6) is -4.49. The summed E-state index contributed by atoms with van der Waals surface area (Å²) in [5, 5.41) is 12.9. The summed E-state index contributed by atoms with van der Waals surface area (Å²) < 4.78 is 43.2. The van der Waals surface area contributed by atoms with Crippen molar-refractivity contribution in [1.29, 1.82) is 0 Å². The van der Waals surface area contributed by atoms with E-state index < -0.39 is 29.6 Å². The molecule has 0 aliphatic rings. The Bertz CT molecular complexity index is 495. The molecule has 0 aliphatic heterocycles. The highest BCUT2D eigenvalue weighted by Crippen LogP contribution is 2.15. The molecule has 0 spiro atoms. The highest BCUT2D eigenvalue weighted by atomic mass is 19.2. The molecule has 5 nitrogen and oxygen atoms in total. The molecule has 19 heavy (non-hydrogen) atoms. The first-order valence-electron chi connectivity index (χ1n) is 5.11. The number of hydrazone groups is 1. The molecule has 0 saturated carbocycles. The first kappa shape index (κ1) is 15.0. The van der Waals surface area contributed by atoms with Gasteiger partial charge in [-0.3, -0.25) is 0 Å². The summed E-state index contributed by atoms with van der Waals surface area (Å²) in [7, 11) is 1.09. The van der Waals surface area contributed by atoms with Gasteiger partial charge in [0.1, 0.15) is 0 Å². The van der Waals surface area contributed by atoms with Crippen LogP contribution in [0.15, 0.2) is 17.2 Å². The molecule has 0 saturated heterocycles. The largest absolute Gasteiger partial charge is 0.452 e. The van der Waals surface area contributed by atoms with E-state index in [1.165, 1.54) is 6.92 Å². The average molecular weight is 276 g/mol. The smallest absolute Gasteiger partial charge is 0.427 e. The number of aliphatic hydroxyl groups excluding tert-OH is 1. The molecule has 1 amide bonds. The number of nitrogens with one attached hydrogen (secondary N) is 1. The van der Waals surface area contributed by atoms with Crippen molar-refractivity contribution < 1.29 is 27.8 Å². The van der Waals surface area contributed by atoms with Gasteiger partial charge >= 0.3 is 6.09 Å². The second kappa shape index (κ2) is 6.19. The number of benzene rings is 1. The fraction of sp³-hybridized carbons (Fsp3) is 0.273. The number of halogens is 3. The average Bonchev–Trinajstić information content (AvgIpc) is 2.35. The van der Waals surface area contributed by atoms with Crippen LogP contribution in [0.4, 0.5) is 18.0 Å². The molecule has 0 fully saturated rings. The number of amides is 1. The molecule has 8 heteroatoms. The zero-order chi connectivity index (χ0) is 14.6. The van der Waals surface area contributed by atoms with Gasteiger partial charge in [-0.05, 0) is 19.1 Å². The van der Waals surface area contributed by atoms with E-state index in [0.717, 1.165) is 7.11 Å². The Morgan fingerprint density at radius 2 is 1.89 bits per heavy atom. The van der Waals surface area contributed by atoms with Gasteiger partial charge in [0.05, 0.1) is 18.9 Å². The molecule has 0 aliphatic carbocycles. The van der Waals surface area contributed by atoms with Crippen LogP contribution in [-0.2, 0) is 4.74 Å². The molecular weight excluding hydrogens is 265 g/mol. The maximum atomic E-state index is 13.1. The van der Waals surface area contributed by atoms with Crippen LogP contribution in [0.25, 0.3) is 0 Å². The van der Waals surface area contributed by atoms with E-state index in [2.05, 4.69) is 9.84 Å². The first-order valence-corrected chi connectivity index (χ1v) is 5.11. The van der Waals surface area contributed by atoms with Crippen LogP contribution < -0.4 is 5.43 Å². The van der Waals surface area contributed by atoms with Crippen molar-refractivity contribution in [2.45, 2.75) is 13.0 Å². The summed E-state index contributed by atoms with van der Waals surface area (Å²) in [6.07, 6.45) is -2.18. The Hall–Kier alpha value is -2.09. The van der Waals surface area contributed by atoms with Crippen molar-refractivity contribution in [1.82, 2.24) is 5.43 Å². The zero-order valence-electron chi connectivity index (χ0n) is 10.1. The summed E-state index contributed by atoms with van der Waals surface area (Å²) in [4.78, 5) is 10.8. The Balaban J connectivity index is 3.17. The Morgan fingerprint density at radius 1 is 1.37 bits per heavy atom. The van der Waals surface area contributed by atoms with E-state index in [-0.39, 0.29) is 11.3 Å². The van der Waals surface area contributed by atoms with Gasteiger partial charge in [-0.2, -0.15) is 5.10 Å². The third-order valence-electron chi connectivity index (χ3n) is 2.13. The van der Waals surface area contributed by atoms with E-state index in [9.17, 15) is 23.1 Å². The van der Waals surface area contributed by atoms with Crippen LogP contribution in [0.3, 0.4) is 0 Å². The number of hydrogen-bond donors (Lipinski definition) is 2. The van der Waals surface area contributed by atoms with Crippen molar-refractivity contribution in [2.24, 2.45) is 5.10 Å². The van der Waals surface area contributed by atoms with Crippen LogP contribution in [0.1, 0.15) is 12.5 Å². The zero-order valence-corrected chi connectivity index (χ0v) is 10.1. The highest BCUT2D eigenvalue weighted by Gasteiger charge is 2.17. The van der Waals surface area contributed by atoms with Gasteiger partial charge in [0.15, 0.2) is 17.5 Å². The number of carbonyl (C=O) groups excluding carboxylic acids is 1. The lowest BCUT2D eigenvalue weighted by Gasteiger charge is -2.10. The van der Waals surface area contributed by atoms with Crippen LogP contribution in [0.5, 0.6) is 0 Å². The van der Waals surface area contributed by atoms with Gasteiger partial charge in [-0.1, -0.05) is 0 Å². The van der Waals surface area contributed by atoms with Crippen LogP contribution in [-0.4, -0.2) is 30.1 Å². The van der Waals surface area contributed by atoms with Crippen molar-refractivity contribution in [2.75, 3.05) is 7.11 Å². The number of rotatable bonds is 3. The molecule has 0 heterocycles. The molecule has 1 aromatic carbocycles. The molecule has 104 valence electrons. The van der Waals surface area contributed by atoms with E-state index in [0.29, 0.717) is 12.1 Å². The number of ether oxygens (including phenoxy) is 1. The number of aliphatic hydroxyl groups is 1. The standard InChI is InChI=1S/C11H11F3N2O3/c1-5(17)10(15-16-11(18)19-2)6-3-7(12)9(14)8(13)4-6/h3-5,17H,1-2H3,(H,16,18)/b15-10-. The number of hydrogen-bond acceptors (Lipinski definition) is 4. The Labute approximate surface area is 106 Å². The molecule has 1 rings (SSSR count).